The summed E-state index contributed by atoms with van der Waals surface area (Å²) in [5, 5.41) is 3.38. The molecule has 104 valence electrons. The van der Waals surface area contributed by atoms with Gasteiger partial charge in [0.1, 0.15) is 0 Å². The topological polar surface area (TPSA) is 32.3 Å². The third-order valence-electron chi connectivity index (χ3n) is 4.80. The number of nitrogens with one attached hydrogen (secondary N) is 1. The molecule has 1 unspecified atom stereocenters. The Balaban J connectivity index is 2.03. The largest absolute Gasteiger partial charge is 0.327 e. The highest BCUT2D eigenvalue weighted by Gasteiger charge is 2.44. The van der Waals surface area contributed by atoms with Gasteiger partial charge in [0.05, 0.1) is 12.2 Å². The number of rotatable bonds is 4. The van der Waals surface area contributed by atoms with E-state index in [1.165, 1.54) is 32.1 Å². The lowest BCUT2D eigenvalue weighted by atomic mass is 9.87. The van der Waals surface area contributed by atoms with Crippen LogP contribution in [0.25, 0.3) is 0 Å². The Morgan fingerprint density at radius 3 is 2.50 bits per heavy atom. The molecule has 2 aliphatic rings. The van der Waals surface area contributed by atoms with Crippen LogP contribution in [0.2, 0.25) is 0 Å². The predicted molar refractivity (Wildman–Crippen MR) is 77.7 cm³/mol. The molecular weight excluding hydrogens is 244 g/mol. The molecule has 2 fully saturated rings. The minimum absolute atomic E-state index is 0.295. The number of carbonyl (C=O) groups excluding carboxylic acids is 1. The van der Waals surface area contributed by atoms with E-state index in [-0.39, 0.29) is 5.54 Å². The van der Waals surface area contributed by atoms with Crippen LogP contribution in [0, 0.1) is 0 Å². The van der Waals surface area contributed by atoms with Crippen molar-refractivity contribution in [2.24, 2.45) is 0 Å². The van der Waals surface area contributed by atoms with Crippen molar-refractivity contribution < 1.29 is 4.79 Å². The minimum atomic E-state index is -0.325. The first-order chi connectivity index (χ1) is 8.55. The summed E-state index contributed by atoms with van der Waals surface area (Å²) in [6.45, 7) is 5.77. The van der Waals surface area contributed by atoms with Gasteiger partial charge < -0.3 is 4.90 Å². The van der Waals surface area contributed by atoms with Crippen LogP contribution in [0.4, 0.5) is 0 Å². The maximum absolute atomic E-state index is 12.4. The summed E-state index contributed by atoms with van der Waals surface area (Å²) >= 11 is 1.97. The van der Waals surface area contributed by atoms with Crippen molar-refractivity contribution in [1.29, 1.82) is 0 Å². The number of amides is 1. The Labute approximate surface area is 115 Å². The molecule has 2 rings (SSSR count). The maximum Gasteiger partial charge on any atom is 0.243 e. The van der Waals surface area contributed by atoms with E-state index < -0.39 is 0 Å². The Morgan fingerprint density at radius 1 is 1.33 bits per heavy atom. The second-order valence-electron chi connectivity index (χ2n) is 5.97. The van der Waals surface area contributed by atoms with Crippen LogP contribution in [0.3, 0.4) is 0 Å². The molecule has 4 heteroatoms. The molecular formula is C14H26N2OS. The Bertz CT molecular complexity index is 315. The molecule has 1 amide bonds. The number of hydrogen-bond donors (Lipinski definition) is 1. The van der Waals surface area contributed by atoms with Crippen molar-refractivity contribution in [3.05, 3.63) is 0 Å². The molecule has 0 bridgehead atoms. The normalized spacial score (nSPS) is 31.9. The third kappa shape index (κ3) is 2.55. The van der Waals surface area contributed by atoms with Crippen molar-refractivity contribution in [3.8, 4) is 0 Å². The van der Waals surface area contributed by atoms with E-state index in [1.54, 1.807) is 0 Å². The molecule has 1 atom stereocenters. The molecule has 18 heavy (non-hydrogen) atoms. The smallest absolute Gasteiger partial charge is 0.243 e. The molecule has 3 nitrogen and oxygen atoms in total. The monoisotopic (exact) mass is 270 g/mol. The first-order valence-electron chi connectivity index (χ1n) is 7.15. The summed E-state index contributed by atoms with van der Waals surface area (Å²) in [6.07, 6.45) is 9.61. The van der Waals surface area contributed by atoms with Gasteiger partial charge in [0.15, 0.2) is 0 Å². The molecule has 1 N–H and O–H groups in total. The van der Waals surface area contributed by atoms with Crippen LogP contribution in [-0.4, -0.2) is 40.6 Å². The SMILES string of the molecule is CCC1(C)NCN(CC2(SC)CCCCC2)C1=O. The number of hydrogen-bond acceptors (Lipinski definition) is 3. The van der Waals surface area contributed by atoms with Crippen molar-refractivity contribution >= 4 is 17.7 Å². The second kappa shape index (κ2) is 5.41. The zero-order valence-corrected chi connectivity index (χ0v) is 12.7. The number of thioether (sulfide) groups is 1. The fraction of sp³-hybridized carbons (Fsp3) is 0.929. The summed E-state index contributed by atoms with van der Waals surface area (Å²) in [7, 11) is 0. The van der Waals surface area contributed by atoms with E-state index in [9.17, 15) is 4.79 Å². The van der Waals surface area contributed by atoms with E-state index in [1.807, 2.05) is 23.6 Å². The fourth-order valence-electron chi connectivity index (χ4n) is 3.14. The zero-order chi connectivity index (χ0) is 13.2. The van der Waals surface area contributed by atoms with Crippen LogP contribution in [-0.2, 0) is 4.79 Å². The highest BCUT2D eigenvalue weighted by Crippen LogP contribution is 2.40. The molecule has 0 radical (unpaired) electrons. The van der Waals surface area contributed by atoms with Gasteiger partial charge in [-0.3, -0.25) is 10.1 Å². The van der Waals surface area contributed by atoms with Crippen LogP contribution in [0.15, 0.2) is 0 Å². The number of nitrogens with zero attached hydrogens (tertiary/aromatic N) is 1. The standard InChI is InChI=1S/C14H26N2OS/c1-4-13(2)12(17)16(11-15-13)10-14(18-3)8-6-5-7-9-14/h15H,4-11H2,1-3H3. The van der Waals surface area contributed by atoms with E-state index in [2.05, 4.69) is 18.5 Å². The van der Waals surface area contributed by atoms with E-state index >= 15 is 0 Å². The van der Waals surface area contributed by atoms with Crippen LogP contribution >= 0.6 is 11.8 Å². The molecule has 0 aromatic heterocycles. The van der Waals surface area contributed by atoms with Crippen LogP contribution < -0.4 is 5.32 Å². The van der Waals surface area contributed by atoms with Gasteiger partial charge >= 0.3 is 0 Å². The first-order valence-corrected chi connectivity index (χ1v) is 8.37. The van der Waals surface area contributed by atoms with Gasteiger partial charge in [0.25, 0.3) is 0 Å². The average Bonchev–Trinajstić information content (AvgIpc) is 2.69. The fourth-order valence-corrected chi connectivity index (χ4v) is 4.12. The second-order valence-corrected chi connectivity index (χ2v) is 7.25. The molecule has 0 aromatic rings. The molecule has 1 heterocycles. The Morgan fingerprint density at radius 2 is 2.00 bits per heavy atom. The summed E-state index contributed by atoms with van der Waals surface area (Å²) in [5.41, 5.74) is -0.325. The first kappa shape index (κ1) is 14.2. The van der Waals surface area contributed by atoms with E-state index in [4.69, 9.17) is 0 Å². The molecule has 0 spiro atoms. The quantitative estimate of drug-likeness (QED) is 0.852. The van der Waals surface area contributed by atoms with Crippen molar-refractivity contribution in [2.75, 3.05) is 19.5 Å². The van der Waals surface area contributed by atoms with Gasteiger partial charge in [0, 0.05) is 11.3 Å². The van der Waals surface area contributed by atoms with Gasteiger partial charge in [-0.15, -0.1) is 0 Å². The third-order valence-corrected chi connectivity index (χ3v) is 6.21. The van der Waals surface area contributed by atoms with Crippen molar-refractivity contribution in [2.45, 2.75) is 62.7 Å². The van der Waals surface area contributed by atoms with Gasteiger partial charge in [0.2, 0.25) is 5.91 Å². The van der Waals surface area contributed by atoms with E-state index in [0.29, 0.717) is 10.7 Å². The lowest BCUT2D eigenvalue weighted by molar-refractivity contribution is -0.132. The van der Waals surface area contributed by atoms with Gasteiger partial charge in [-0.05, 0) is 32.4 Å². The van der Waals surface area contributed by atoms with Gasteiger partial charge in [-0.2, -0.15) is 11.8 Å². The maximum atomic E-state index is 12.4. The Kier molecular flexibility index (Phi) is 4.27. The van der Waals surface area contributed by atoms with Crippen molar-refractivity contribution in [3.63, 3.8) is 0 Å². The molecule has 1 saturated heterocycles. The summed E-state index contributed by atoms with van der Waals surface area (Å²) < 4.78 is 0.314. The highest BCUT2D eigenvalue weighted by atomic mass is 32.2. The Hall–Kier alpha value is -0.220. The average molecular weight is 270 g/mol. The van der Waals surface area contributed by atoms with Gasteiger partial charge in [-0.25, -0.2) is 0 Å². The molecule has 1 saturated carbocycles. The van der Waals surface area contributed by atoms with Crippen LogP contribution in [0.1, 0.15) is 52.4 Å². The van der Waals surface area contributed by atoms with E-state index in [0.717, 1.165) is 19.6 Å². The summed E-state index contributed by atoms with van der Waals surface area (Å²) in [6, 6.07) is 0. The van der Waals surface area contributed by atoms with Crippen LogP contribution in [0.5, 0.6) is 0 Å². The number of carbonyl (C=O) groups is 1. The lowest BCUT2D eigenvalue weighted by Gasteiger charge is -2.38. The predicted octanol–water partition coefficient (Wildman–Crippen LogP) is 2.61. The lowest BCUT2D eigenvalue weighted by Crippen LogP contribution is -2.46. The minimum Gasteiger partial charge on any atom is -0.327 e. The summed E-state index contributed by atoms with van der Waals surface area (Å²) in [4.78, 5) is 14.5. The highest BCUT2D eigenvalue weighted by molar-refractivity contribution is 8.00. The summed E-state index contributed by atoms with van der Waals surface area (Å²) in [5.74, 6) is 0.295. The molecule has 0 aromatic carbocycles. The molecule has 1 aliphatic heterocycles. The van der Waals surface area contributed by atoms with Gasteiger partial charge in [-0.1, -0.05) is 26.2 Å². The van der Waals surface area contributed by atoms with Crippen molar-refractivity contribution in [1.82, 2.24) is 10.2 Å². The zero-order valence-electron chi connectivity index (χ0n) is 11.9. The molecule has 1 aliphatic carbocycles.